The number of piperidine rings is 1. The molecule has 0 radical (unpaired) electrons. The van der Waals surface area contributed by atoms with Crippen LogP contribution in [0.5, 0.6) is 5.75 Å². The Morgan fingerprint density at radius 1 is 1.07 bits per heavy atom. The molecular weight excluding hydrogens is 364 g/mol. The summed E-state index contributed by atoms with van der Waals surface area (Å²) < 4.78 is 5.42. The molecule has 8 nitrogen and oxygen atoms in total. The highest BCUT2D eigenvalue weighted by Gasteiger charge is 2.27. The second-order valence-corrected chi connectivity index (χ2v) is 6.48. The maximum atomic E-state index is 12.4. The summed E-state index contributed by atoms with van der Waals surface area (Å²) in [5.41, 5.74) is 1.22. The Morgan fingerprint density at radius 2 is 1.61 bits per heavy atom. The molecule has 8 heteroatoms. The molecule has 0 bridgehead atoms. The number of carboxylic acids is 2. The third kappa shape index (κ3) is 7.19. The van der Waals surface area contributed by atoms with E-state index < -0.39 is 11.9 Å². The molecule has 0 spiro atoms. The summed E-state index contributed by atoms with van der Waals surface area (Å²) in [7, 11) is 1.72. The van der Waals surface area contributed by atoms with Gasteiger partial charge in [-0.3, -0.25) is 9.69 Å². The molecular formula is C20H30N2O6. The minimum absolute atomic E-state index is 0.203. The van der Waals surface area contributed by atoms with Crippen LogP contribution < -0.4 is 4.74 Å². The van der Waals surface area contributed by atoms with Crippen molar-refractivity contribution in [2.75, 3.05) is 33.3 Å². The van der Waals surface area contributed by atoms with Crippen molar-refractivity contribution in [2.45, 2.75) is 33.2 Å². The highest BCUT2D eigenvalue weighted by molar-refractivity contribution is 6.27. The molecule has 28 heavy (non-hydrogen) atoms. The monoisotopic (exact) mass is 394 g/mol. The van der Waals surface area contributed by atoms with Gasteiger partial charge in [0.15, 0.2) is 0 Å². The summed E-state index contributed by atoms with van der Waals surface area (Å²) in [4.78, 5) is 35.0. The Morgan fingerprint density at radius 3 is 2.07 bits per heavy atom. The summed E-state index contributed by atoms with van der Waals surface area (Å²) in [6.45, 7) is 8.60. The lowest BCUT2D eigenvalue weighted by atomic mass is 9.95. The number of ether oxygens (including phenoxy) is 1. The van der Waals surface area contributed by atoms with E-state index in [0.717, 1.165) is 51.3 Å². The van der Waals surface area contributed by atoms with Gasteiger partial charge in [0.1, 0.15) is 5.75 Å². The molecule has 0 saturated carbocycles. The second-order valence-electron chi connectivity index (χ2n) is 6.48. The number of hydrogen-bond acceptors (Lipinski definition) is 5. The molecule has 1 amide bonds. The summed E-state index contributed by atoms with van der Waals surface area (Å²) >= 11 is 0. The predicted octanol–water partition coefficient (Wildman–Crippen LogP) is 1.93. The van der Waals surface area contributed by atoms with Gasteiger partial charge in [-0.05, 0) is 45.8 Å². The molecule has 0 unspecified atom stereocenters. The molecule has 1 aliphatic rings. The standard InChI is InChI=1S/C18H28N2O2.C2H2O4/c1-4-20(5-2)18(21)15-10-12-19(13-11-15)14-16-8-6-7-9-17(16)22-3;3-1(4)2(5)6/h6-9,15H,4-5,10-14H2,1-3H3;(H,3,4)(H,5,6). The van der Waals surface area contributed by atoms with Crippen molar-refractivity contribution < 1.29 is 29.3 Å². The number of amides is 1. The fraction of sp³-hybridized carbons (Fsp3) is 0.550. The lowest BCUT2D eigenvalue weighted by molar-refractivity contribution is -0.159. The van der Waals surface area contributed by atoms with Crippen molar-refractivity contribution in [2.24, 2.45) is 5.92 Å². The van der Waals surface area contributed by atoms with E-state index in [-0.39, 0.29) is 5.92 Å². The third-order valence-electron chi connectivity index (χ3n) is 4.78. The van der Waals surface area contributed by atoms with Crippen molar-refractivity contribution in [1.82, 2.24) is 9.80 Å². The first kappa shape index (κ1) is 23.4. The van der Waals surface area contributed by atoms with E-state index >= 15 is 0 Å². The number of nitrogens with zero attached hydrogens (tertiary/aromatic N) is 2. The number of rotatable bonds is 6. The van der Waals surface area contributed by atoms with E-state index in [4.69, 9.17) is 24.5 Å². The van der Waals surface area contributed by atoms with Gasteiger partial charge >= 0.3 is 11.9 Å². The molecule has 2 N–H and O–H groups in total. The summed E-state index contributed by atoms with van der Waals surface area (Å²) in [5, 5.41) is 14.8. The van der Waals surface area contributed by atoms with Crippen LogP contribution in [0.4, 0.5) is 0 Å². The Balaban J connectivity index is 0.000000568. The van der Waals surface area contributed by atoms with Crippen molar-refractivity contribution >= 4 is 17.8 Å². The van der Waals surface area contributed by atoms with Gasteiger partial charge in [0.05, 0.1) is 7.11 Å². The van der Waals surface area contributed by atoms with Crippen LogP contribution >= 0.6 is 0 Å². The van der Waals surface area contributed by atoms with Crippen LogP contribution in [0.25, 0.3) is 0 Å². The van der Waals surface area contributed by atoms with E-state index in [1.807, 2.05) is 17.0 Å². The lowest BCUT2D eigenvalue weighted by Gasteiger charge is -2.33. The Labute approximate surface area is 165 Å². The molecule has 1 aliphatic heterocycles. The third-order valence-corrected chi connectivity index (χ3v) is 4.78. The highest BCUT2D eigenvalue weighted by Crippen LogP contribution is 2.24. The molecule has 0 aliphatic carbocycles. The van der Waals surface area contributed by atoms with Crippen LogP contribution in [0.15, 0.2) is 24.3 Å². The number of methoxy groups -OCH3 is 1. The van der Waals surface area contributed by atoms with E-state index in [1.165, 1.54) is 5.56 Å². The zero-order valence-corrected chi connectivity index (χ0v) is 16.8. The zero-order valence-electron chi connectivity index (χ0n) is 16.8. The van der Waals surface area contributed by atoms with E-state index in [9.17, 15) is 4.79 Å². The van der Waals surface area contributed by atoms with Gasteiger partial charge in [-0.15, -0.1) is 0 Å². The van der Waals surface area contributed by atoms with Crippen LogP contribution in [0.3, 0.4) is 0 Å². The van der Waals surface area contributed by atoms with E-state index in [0.29, 0.717) is 5.91 Å². The number of carbonyl (C=O) groups excluding carboxylic acids is 1. The molecule has 1 fully saturated rings. The number of aliphatic carboxylic acids is 2. The van der Waals surface area contributed by atoms with Crippen LogP contribution in [-0.4, -0.2) is 71.1 Å². The minimum Gasteiger partial charge on any atom is -0.496 e. The lowest BCUT2D eigenvalue weighted by Crippen LogP contribution is -2.42. The summed E-state index contributed by atoms with van der Waals surface area (Å²) in [6, 6.07) is 8.17. The smallest absolute Gasteiger partial charge is 0.414 e. The number of carboxylic acid groups (broad SMARTS) is 2. The van der Waals surface area contributed by atoms with Crippen molar-refractivity contribution in [3.8, 4) is 5.75 Å². The fourth-order valence-corrected chi connectivity index (χ4v) is 3.21. The van der Waals surface area contributed by atoms with Crippen LogP contribution in [0.2, 0.25) is 0 Å². The topological polar surface area (TPSA) is 107 Å². The van der Waals surface area contributed by atoms with E-state index in [1.54, 1.807) is 7.11 Å². The highest BCUT2D eigenvalue weighted by atomic mass is 16.5. The van der Waals surface area contributed by atoms with Gasteiger partial charge in [-0.1, -0.05) is 18.2 Å². The summed E-state index contributed by atoms with van der Waals surface area (Å²) in [5.74, 6) is -2.16. The maximum absolute atomic E-state index is 12.4. The largest absolute Gasteiger partial charge is 0.496 e. The minimum atomic E-state index is -1.82. The molecule has 1 saturated heterocycles. The predicted molar refractivity (Wildman–Crippen MR) is 104 cm³/mol. The van der Waals surface area contributed by atoms with Gasteiger partial charge in [0, 0.05) is 31.1 Å². The SMILES string of the molecule is CCN(CC)C(=O)C1CCN(Cc2ccccc2OC)CC1.O=C(O)C(=O)O. The molecule has 0 aromatic heterocycles. The van der Waals surface area contributed by atoms with E-state index in [2.05, 4.69) is 30.9 Å². The van der Waals surface area contributed by atoms with Gasteiger partial charge in [-0.25, -0.2) is 9.59 Å². The number of carbonyl (C=O) groups is 3. The van der Waals surface area contributed by atoms with Gasteiger partial charge in [-0.2, -0.15) is 0 Å². The Hall–Kier alpha value is -2.61. The molecule has 1 aromatic carbocycles. The molecule has 156 valence electrons. The van der Waals surface area contributed by atoms with Crippen LogP contribution in [0.1, 0.15) is 32.3 Å². The van der Waals surface area contributed by atoms with Crippen molar-refractivity contribution in [3.63, 3.8) is 0 Å². The molecule has 1 heterocycles. The molecule has 0 atom stereocenters. The number of benzene rings is 1. The first-order chi connectivity index (χ1) is 13.3. The Kier molecular flexibility index (Phi) is 10.0. The quantitative estimate of drug-likeness (QED) is 0.710. The Bertz CT molecular complexity index is 640. The molecule has 1 aromatic rings. The molecule has 2 rings (SSSR count). The van der Waals surface area contributed by atoms with Crippen molar-refractivity contribution in [3.05, 3.63) is 29.8 Å². The van der Waals surface area contributed by atoms with Gasteiger partial charge < -0.3 is 19.8 Å². The average molecular weight is 394 g/mol. The maximum Gasteiger partial charge on any atom is 0.414 e. The first-order valence-electron chi connectivity index (χ1n) is 9.43. The normalized spacial score (nSPS) is 14.5. The number of likely N-dealkylation sites (tertiary alicyclic amines) is 1. The number of hydrogen-bond donors (Lipinski definition) is 2. The first-order valence-corrected chi connectivity index (χ1v) is 9.43. The van der Waals surface area contributed by atoms with Crippen LogP contribution in [-0.2, 0) is 20.9 Å². The number of para-hydroxylation sites is 1. The second kappa shape index (κ2) is 12.0. The van der Waals surface area contributed by atoms with Gasteiger partial charge in [0.2, 0.25) is 5.91 Å². The van der Waals surface area contributed by atoms with Crippen LogP contribution in [0, 0.1) is 5.92 Å². The fourth-order valence-electron chi connectivity index (χ4n) is 3.21. The van der Waals surface area contributed by atoms with Crippen molar-refractivity contribution in [1.29, 1.82) is 0 Å². The zero-order chi connectivity index (χ0) is 21.1. The summed E-state index contributed by atoms with van der Waals surface area (Å²) in [6.07, 6.45) is 1.93. The average Bonchev–Trinajstić information content (AvgIpc) is 2.70. The van der Waals surface area contributed by atoms with Gasteiger partial charge in [0.25, 0.3) is 0 Å².